The van der Waals surface area contributed by atoms with Crippen molar-refractivity contribution in [2.45, 2.75) is 84.5 Å². The van der Waals surface area contributed by atoms with E-state index in [0.29, 0.717) is 30.1 Å². The molecule has 37 heavy (non-hydrogen) atoms. The normalized spacial score (nSPS) is 17.5. The Bertz CT molecular complexity index is 1060. The molecule has 0 amide bonds. The van der Waals surface area contributed by atoms with Gasteiger partial charge in [0.1, 0.15) is 0 Å². The van der Waals surface area contributed by atoms with Crippen LogP contribution in [0.4, 0.5) is 0 Å². The van der Waals surface area contributed by atoms with Gasteiger partial charge in [-0.1, -0.05) is 20.8 Å². The molecule has 0 spiro atoms. The highest BCUT2D eigenvalue weighted by molar-refractivity contribution is 6.87. The molecule has 1 atom stereocenters. The number of fused-ring (bicyclic) bond motifs is 1. The Balaban J connectivity index is 2.38. The second kappa shape index (κ2) is 11.5. The third kappa shape index (κ3) is 8.29. The molecule has 2 rings (SSSR count). The molecule has 206 valence electrons. The van der Waals surface area contributed by atoms with Crippen molar-refractivity contribution in [2.75, 3.05) is 20.8 Å². The SMILES string of the molecule is [C-]#[N+]C(C(=O)OC)=C1CC(C)(C)c2cc(OC)c(OCC(C)C[Si](C)(O[Si](C)(C)C)O[Si](C)(C)C)cc21. The van der Waals surface area contributed by atoms with Crippen LogP contribution in [0.25, 0.3) is 10.4 Å². The predicted octanol–water partition coefficient (Wildman–Crippen LogP) is 6.97. The lowest BCUT2D eigenvalue weighted by atomic mass is 9.86. The fraction of sp³-hybridized carbons (Fsp3) is 0.630. The summed E-state index contributed by atoms with van der Waals surface area (Å²) in [6.07, 6.45) is 0.560. The van der Waals surface area contributed by atoms with E-state index in [1.165, 1.54) is 7.11 Å². The van der Waals surface area contributed by atoms with Crippen molar-refractivity contribution in [3.8, 4) is 11.5 Å². The lowest BCUT2D eigenvalue weighted by molar-refractivity contribution is -0.135. The van der Waals surface area contributed by atoms with Gasteiger partial charge < -0.3 is 22.4 Å². The van der Waals surface area contributed by atoms with Crippen molar-refractivity contribution in [1.29, 1.82) is 0 Å². The second-order valence-corrected chi connectivity index (χ2v) is 25.5. The van der Waals surface area contributed by atoms with E-state index >= 15 is 0 Å². The Labute approximate surface area is 226 Å². The molecule has 0 bridgehead atoms. The quantitative estimate of drug-likeness (QED) is 0.125. The van der Waals surface area contributed by atoms with Crippen LogP contribution in [0.2, 0.25) is 51.9 Å². The van der Waals surface area contributed by atoms with Gasteiger partial charge in [-0.25, -0.2) is 4.85 Å². The molecule has 0 saturated heterocycles. The molecule has 1 aromatic carbocycles. The van der Waals surface area contributed by atoms with Crippen molar-refractivity contribution in [3.05, 3.63) is 40.4 Å². The fourth-order valence-electron chi connectivity index (χ4n) is 5.14. The molecule has 1 aliphatic carbocycles. The first-order chi connectivity index (χ1) is 16.8. The van der Waals surface area contributed by atoms with Crippen molar-refractivity contribution in [2.24, 2.45) is 5.92 Å². The number of nitrogens with zero attached hydrogens (tertiary/aromatic N) is 1. The zero-order valence-corrected chi connectivity index (χ0v) is 27.8. The highest BCUT2D eigenvalue weighted by Crippen LogP contribution is 2.50. The van der Waals surface area contributed by atoms with Gasteiger partial charge in [0, 0.05) is 0 Å². The van der Waals surface area contributed by atoms with E-state index in [-0.39, 0.29) is 17.0 Å². The molecule has 1 aromatic rings. The van der Waals surface area contributed by atoms with E-state index in [1.54, 1.807) is 7.11 Å². The van der Waals surface area contributed by atoms with Crippen LogP contribution in [-0.4, -0.2) is 52.0 Å². The Morgan fingerprint density at radius 3 is 2.05 bits per heavy atom. The topological polar surface area (TPSA) is 67.6 Å². The smallest absolute Gasteiger partial charge is 0.336 e. The van der Waals surface area contributed by atoms with Crippen LogP contribution in [0.15, 0.2) is 17.8 Å². The molecule has 0 aromatic heterocycles. The summed E-state index contributed by atoms with van der Waals surface area (Å²) in [6.45, 7) is 29.9. The Kier molecular flexibility index (Phi) is 9.69. The van der Waals surface area contributed by atoms with E-state index in [9.17, 15) is 4.79 Å². The lowest BCUT2D eigenvalue weighted by Gasteiger charge is -2.39. The summed E-state index contributed by atoms with van der Waals surface area (Å²) in [6, 6.07) is 4.71. The first kappa shape index (κ1) is 31.3. The summed E-state index contributed by atoms with van der Waals surface area (Å²) in [5, 5.41) is 0. The van der Waals surface area contributed by atoms with Crippen LogP contribution in [0, 0.1) is 12.5 Å². The van der Waals surface area contributed by atoms with E-state index in [2.05, 4.69) is 71.4 Å². The number of methoxy groups -OCH3 is 2. The summed E-state index contributed by atoms with van der Waals surface area (Å²) >= 11 is 0. The van der Waals surface area contributed by atoms with Crippen molar-refractivity contribution in [1.82, 2.24) is 0 Å². The minimum atomic E-state index is -2.41. The number of carbonyl (C=O) groups excluding carboxylic acids is 1. The molecule has 0 saturated carbocycles. The van der Waals surface area contributed by atoms with Crippen LogP contribution in [0.1, 0.15) is 38.3 Å². The van der Waals surface area contributed by atoms with Gasteiger partial charge in [-0.2, -0.15) is 0 Å². The monoisotopic (exact) mass is 563 g/mol. The number of hydrogen-bond acceptors (Lipinski definition) is 6. The lowest BCUT2D eigenvalue weighted by Crippen LogP contribution is -2.53. The molecule has 0 aliphatic heterocycles. The van der Waals surface area contributed by atoms with E-state index in [1.807, 2.05) is 12.1 Å². The summed E-state index contributed by atoms with van der Waals surface area (Å²) in [5.41, 5.74) is 2.32. The van der Waals surface area contributed by atoms with Crippen LogP contribution in [0.5, 0.6) is 11.5 Å². The Hall–Kier alpha value is -1.91. The summed E-state index contributed by atoms with van der Waals surface area (Å²) in [5.74, 6) is 0.815. The van der Waals surface area contributed by atoms with Gasteiger partial charge in [-0.3, -0.25) is 4.79 Å². The van der Waals surface area contributed by atoms with Gasteiger partial charge in [0.05, 0.1) is 27.4 Å². The minimum Gasteiger partial charge on any atom is -0.493 e. The highest BCUT2D eigenvalue weighted by atomic mass is 28.5. The van der Waals surface area contributed by atoms with Crippen molar-refractivity contribution >= 4 is 36.7 Å². The molecule has 1 aliphatic rings. The maximum absolute atomic E-state index is 12.3. The molecule has 0 radical (unpaired) electrons. The molecular formula is C27H45NO6Si3. The van der Waals surface area contributed by atoms with Gasteiger partial charge in [-0.15, -0.1) is 0 Å². The van der Waals surface area contributed by atoms with E-state index in [4.69, 9.17) is 29.0 Å². The molecule has 10 heteroatoms. The number of ether oxygens (including phenoxy) is 3. The van der Waals surface area contributed by atoms with Gasteiger partial charge in [0.25, 0.3) is 5.70 Å². The third-order valence-corrected chi connectivity index (χ3v) is 15.8. The molecular weight excluding hydrogens is 519 g/mol. The maximum Gasteiger partial charge on any atom is 0.336 e. The van der Waals surface area contributed by atoms with Gasteiger partial charge >= 0.3 is 14.5 Å². The zero-order chi connectivity index (χ0) is 28.4. The summed E-state index contributed by atoms with van der Waals surface area (Å²) in [7, 11) is -3.06. The summed E-state index contributed by atoms with van der Waals surface area (Å²) < 4.78 is 30.3. The Morgan fingerprint density at radius 1 is 1.03 bits per heavy atom. The van der Waals surface area contributed by atoms with Crippen LogP contribution < -0.4 is 9.47 Å². The van der Waals surface area contributed by atoms with Crippen LogP contribution in [-0.2, 0) is 23.2 Å². The first-order valence-electron chi connectivity index (χ1n) is 12.8. The van der Waals surface area contributed by atoms with Gasteiger partial charge in [0.15, 0.2) is 28.1 Å². The largest absolute Gasteiger partial charge is 0.493 e. The van der Waals surface area contributed by atoms with Crippen molar-refractivity contribution in [3.63, 3.8) is 0 Å². The molecule has 1 unspecified atom stereocenters. The number of hydrogen-bond donors (Lipinski definition) is 0. The maximum atomic E-state index is 12.3. The number of allylic oxidation sites excluding steroid dienone is 1. The van der Waals surface area contributed by atoms with Crippen LogP contribution in [0.3, 0.4) is 0 Å². The molecule has 0 fully saturated rings. The van der Waals surface area contributed by atoms with Crippen molar-refractivity contribution < 1.29 is 27.2 Å². The number of benzene rings is 1. The standard InChI is InChI=1S/C27H45NO6Si3/c1-19(18-37(13,33-35(7,8)9)34-36(10,11)12)17-32-24-14-20-21(25(28-4)26(29)31-6)16-27(2,3)22(20)15-23(24)30-5/h14-15,19H,16-18H2,1-3,5-13H3. The van der Waals surface area contributed by atoms with E-state index < -0.39 is 31.2 Å². The molecule has 0 N–H and O–H groups in total. The van der Waals surface area contributed by atoms with Crippen LogP contribution >= 0.6 is 0 Å². The Morgan fingerprint density at radius 2 is 1.59 bits per heavy atom. The fourth-order valence-corrected chi connectivity index (χ4v) is 18.1. The average Bonchev–Trinajstić information content (AvgIpc) is 2.98. The van der Waals surface area contributed by atoms with Gasteiger partial charge in [0.2, 0.25) is 0 Å². The summed E-state index contributed by atoms with van der Waals surface area (Å²) in [4.78, 5) is 15.9. The minimum absolute atomic E-state index is 0.0209. The molecule has 0 heterocycles. The number of rotatable bonds is 11. The number of carbonyl (C=O) groups is 1. The molecule has 7 nitrogen and oxygen atoms in total. The first-order valence-corrected chi connectivity index (χ1v) is 22.1. The second-order valence-electron chi connectivity index (χ2n) is 12.7. The average molecular weight is 564 g/mol. The zero-order valence-electron chi connectivity index (χ0n) is 24.8. The predicted molar refractivity (Wildman–Crippen MR) is 156 cm³/mol. The highest BCUT2D eigenvalue weighted by Gasteiger charge is 2.42. The van der Waals surface area contributed by atoms with E-state index in [0.717, 1.165) is 17.2 Å². The number of esters is 1. The third-order valence-electron chi connectivity index (χ3n) is 6.04. The van der Waals surface area contributed by atoms with Gasteiger partial charge in [-0.05, 0) is 98.5 Å².